The van der Waals surface area contributed by atoms with Gasteiger partial charge in [-0.2, -0.15) is 0 Å². The number of carbonyl (C=O) groups excluding carboxylic acids is 1. The van der Waals surface area contributed by atoms with Crippen LogP contribution in [0.1, 0.15) is 0 Å². The van der Waals surface area contributed by atoms with Crippen LogP contribution >= 0.6 is 15.9 Å². The van der Waals surface area contributed by atoms with Crippen molar-refractivity contribution in [2.75, 3.05) is 13.7 Å². The Bertz CT molecular complexity index is 800. The van der Waals surface area contributed by atoms with Crippen molar-refractivity contribution in [3.63, 3.8) is 0 Å². The van der Waals surface area contributed by atoms with Crippen molar-refractivity contribution in [3.8, 4) is 28.0 Å². The molecular formula is C21H17BrO3. The van der Waals surface area contributed by atoms with Crippen molar-refractivity contribution in [1.29, 1.82) is 0 Å². The highest BCUT2D eigenvalue weighted by molar-refractivity contribution is 9.10. The number of halogens is 1. The van der Waals surface area contributed by atoms with Crippen molar-refractivity contribution in [3.05, 3.63) is 77.3 Å². The number of methoxy groups -OCH3 is 1. The lowest BCUT2D eigenvalue weighted by atomic mass is 9.97. The van der Waals surface area contributed by atoms with E-state index in [1.165, 1.54) is 7.11 Å². The Morgan fingerprint density at radius 1 is 0.880 bits per heavy atom. The van der Waals surface area contributed by atoms with Crippen LogP contribution in [0.4, 0.5) is 0 Å². The minimum absolute atomic E-state index is 0.141. The molecule has 0 N–H and O–H groups in total. The molecule has 0 amide bonds. The highest BCUT2D eigenvalue weighted by Crippen LogP contribution is 2.41. The zero-order chi connectivity index (χ0) is 17.6. The molecule has 3 aromatic carbocycles. The Kier molecular flexibility index (Phi) is 5.51. The molecule has 0 heterocycles. The average Bonchev–Trinajstić information content (AvgIpc) is 2.67. The monoisotopic (exact) mass is 396 g/mol. The lowest BCUT2D eigenvalue weighted by Gasteiger charge is -2.17. The summed E-state index contributed by atoms with van der Waals surface area (Å²) in [5, 5.41) is 0. The second-order valence-corrected chi connectivity index (χ2v) is 6.34. The molecular weight excluding hydrogens is 380 g/mol. The van der Waals surface area contributed by atoms with Gasteiger partial charge in [-0.25, -0.2) is 4.79 Å². The predicted molar refractivity (Wildman–Crippen MR) is 103 cm³/mol. The number of hydrogen-bond acceptors (Lipinski definition) is 3. The van der Waals surface area contributed by atoms with Gasteiger partial charge in [0.1, 0.15) is 5.75 Å². The van der Waals surface area contributed by atoms with E-state index < -0.39 is 5.97 Å². The smallest absolute Gasteiger partial charge is 0.343 e. The van der Waals surface area contributed by atoms with E-state index in [2.05, 4.69) is 15.9 Å². The molecule has 0 aliphatic rings. The Balaban J connectivity index is 2.16. The SMILES string of the molecule is COC(=O)COc1c(-c2ccccc2)cc(Br)cc1-c1ccccc1. The van der Waals surface area contributed by atoms with E-state index in [1.54, 1.807) is 0 Å². The minimum Gasteiger partial charge on any atom is -0.481 e. The van der Waals surface area contributed by atoms with Gasteiger partial charge in [0, 0.05) is 15.6 Å². The zero-order valence-electron chi connectivity index (χ0n) is 13.7. The van der Waals surface area contributed by atoms with Crippen molar-refractivity contribution in [2.45, 2.75) is 0 Å². The maximum Gasteiger partial charge on any atom is 0.343 e. The fourth-order valence-corrected chi connectivity index (χ4v) is 3.06. The van der Waals surface area contributed by atoms with Crippen LogP contribution in [0.25, 0.3) is 22.3 Å². The van der Waals surface area contributed by atoms with Crippen LogP contribution in [-0.4, -0.2) is 19.7 Å². The molecule has 0 saturated carbocycles. The zero-order valence-corrected chi connectivity index (χ0v) is 15.3. The normalized spacial score (nSPS) is 10.3. The number of ether oxygens (including phenoxy) is 2. The molecule has 0 aliphatic carbocycles. The van der Waals surface area contributed by atoms with E-state index >= 15 is 0 Å². The summed E-state index contributed by atoms with van der Waals surface area (Å²) in [6.45, 7) is -0.141. The van der Waals surface area contributed by atoms with Gasteiger partial charge in [0.05, 0.1) is 7.11 Å². The Morgan fingerprint density at radius 2 is 1.36 bits per heavy atom. The van der Waals surface area contributed by atoms with Gasteiger partial charge in [0.15, 0.2) is 6.61 Å². The molecule has 0 fully saturated rings. The number of benzene rings is 3. The van der Waals surface area contributed by atoms with Crippen LogP contribution in [-0.2, 0) is 9.53 Å². The molecule has 3 aromatic rings. The summed E-state index contributed by atoms with van der Waals surface area (Å²) in [5.41, 5.74) is 3.86. The fraction of sp³-hybridized carbons (Fsp3) is 0.0952. The third-order valence-corrected chi connectivity index (χ3v) is 4.24. The molecule has 25 heavy (non-hydrogen) atoms. The summed E-state index contributed by atoms with van der Waals surface area (Å²) in [7, 11) is 1.35. The number of esters is 1. The van der Waals surface area contributed by atoms with Gasteiger partial charge in [-0.3, -0.25) is 0 Å². The highest BCUT2D eigenvalue weighted by atomic mass is 79.9. The molecule has 3 nitrogen and oxygen atoms in total. The molecule has 0 aliphatic heterocycles. The summed E-state index contributed by atoms with van der Waals surface area (Å²) in [6, 6.07) is 23.9. The van der Waals surface area contributed by atoms with E-state index in [-0.39, 0.29) is 6.61 Å². The Labute approximate surface area is 155 Å². The first-order valence-electron chi connectivity index (χ1n) is 7.83. The molecule has 0 unspecified atom stereocenters. The second-order valence-electron chi connectivity index (χ2n) is 5.43. The minimum atomic E-state index is -0.416. The van der Waals surface area contributed by atoms with Gasteiger partial charge in [0.2, 0.25) is 0 Å². The largest absolute Gasteiger partial charge is 0.481 e. The first-order chi connectivity index (χ1) is 12.2. The maximum atomic E-state index is 11.6. The summed E-state index contributed by atoms with van der Waals surface area (Å²) < 4.78 is 11.5. The molecule has 0 radical (unpaired) electrons. The van der Waals surface area contributed by atoms with Crippen LogP contribution in [0.5, 0.6) is 5.75 Å². The van der Waals surface area contributed by atoms with Gasteiger partial charge in [-0.15, -0.1) is 0 Å². The van der Waals surface area contributed by atoms with Crippen LogP contribution in [0.15, 0.2) is 77.3 Å². The van der Waals surface area contributed by atoms with E-state index in [9.17, 15) is 4.79 Å². The number of rotatable bonds is 5. The van der Waals surface area contributed by atoms with Crippen LogP contribution < -0.4 is 4.74 Å². The fourth-order valence-electron chi connectivity index (χ4n) is 2.60. The second kappa shape index (κ2) is 7.99. The van der Waals surface area contributed by atoms with Gasteiger partial charge < -0.3 is 9.47 Å². The molecule has 126 valence electrons. The van der Waals surface area contributed by atoms with Gasteiger partial charge in [-0.1, -0.05) is 76.6 Å². The highest BCUT2D eigenvalue weighted by Gasteiger charge is 2.16. The molecule has 3 rings (SSSR count). The maximum absolute atomic E-state index is 11.6. The molecule has 4 heteroatoms. The number of carbonyl (C=O) groups is 1. The third kappa shape index (κ3) is 4.09. The first kappa shape index (κ1) is 17.2. The standard InChI is InChI=1S/C21H17BrO3/c1-24-20(23)14-25-21-18(15-8-4-2-5-9-15)12-17(22)13-19(21)16-10-6-3-7-11-16/h2-13H,14H2,1H3. The average molecular weight is 397 g/mol. The Morgan fingerprint density at radius 3 is 1.80 bits per heavy atom. The van der Waals surface area contributed by atoms with Crippen LogP contribution in [0.2, 0.25) is 0 Å². The molecule has 0 saturated heterocycles. The first-order valence-corrected chi connectivity index (χ1v) is 8.62. The van der Waals surface area contributed by atoms with Gasteiger partial charge in [-0.05, 0) is 23.3 Å². The lowest BCUT2D eigenvalue weighted by molar-refractivity contribution is -0.142. The summed E-state index contributed by atoms with van der Waals surface area (Å²) in [4.78, 5) is 11.6. The summed E-state index contributed by atoms with van der Waals surface area (Å²) in [6.07, 6.45) is 0. The van der Waals surface area contributed by atoms with E-state index in [1.807, 2.05) is 72.8 Å². The third-order valence-electron chi connectivity index (χ3n) is 3.79. The Hall–Kier alpha value is -2.59. The van der Waals surface area contributed by atoms with Crippen molar-refractivity contribution in [2.24, 2.45) is 0 Å². The van der Waals surface area contributed by atoms with E-state index in [0.29, 0.717) is 5.75 Å². The van der Waals surface area contributed by atoms with Gasteiger partial charge >= 0.3 is 5.97 Å². The van der Waals surface area contributed by atoms with Gasteiger partial charge in [0.25, 0.3) is 0 Å². The quantitative estimate of drug-likeness (QED) is 0.546. The summed E-state index contributed by atoms with van der Waals surface area (Å²) in [5.74, 6) is 0.243. The van der Waals surface area contributed by atoms with Crippen LogP contribution in [0.3, 0.4) is 0 Å². The van der Waals surface area contributed by atoms with Crippen molar-refractivity contribution in [1.82, 2.24) is 0 Å². The molecule has 0 spiro atoms. The molecule has 0 aromatic heterocycles. The molecule has 0 atom stereocenters. The predicted octanol–water partition coefficient (Wildman–Crippen LogP) is 5.33. The van der Waals surface area contributed by atoms with Crippen molar-refractivity contribution < 1.29 is 14.3 Å². The van der Waals surface area contributed by atoms with Crippen molar-refractivity contribution >= 4 is 21.9 Å². The summed E-state index contributed by atoms with van der Waals surface area (Å²) >= 11 is 3.59. The topological polar surface area (TPSA) is 35.5 Å². The lowest BCUT2D eigenvalue weighted by Crippen LogP contribution is -2.13. The van der Waals surface area contributed by atoms with E-state index in [4.69, 9.17) is 9.47 Å². The van der Waals surface area contributed by atoms with Crippen LogP contribution in [0, 0.1) is 0 Å². The number of hydrogen-bond donors (Lipinski definition) is 0. The van der Waals surface area contributed by atoms with E-state index in [0.717, 1.165) is 26.7 Å². The molecule has 0 bridgehead atoms.